The Kier molecular flexibility index (Phi) is 4.47. The third-order valence-electron chi connectivity index (χ3n) is 2.98. The van der Waals surface area contributed by atoms with Crippen molar-refractivity contribution in [2.45, 2.75) is 26.0 Å². The van der Waals surface area contributed by atoms with Crippen LogP contribution in [-0.2, 0) is 11.3 Å². The topological polar surface area (TPSA) is 44.1 Å². The quantitative estimate of drug-likeness (QED) is 0.748. The Bertz CT molecular complexity index is 534. The number of ketones is 1. The number of methoxy groups -OCH3 is 1. The zero-order chi connectivity index (χ0) is 13.7. The summed E-state index contributed by atoms with van der Waals surface area (Å²) in [4.78, 5) is 16.7. The van der Waals surface area contributed by atoms with Gasteiger partial charge in [-0.25, -0.2) is 4.98 Å². The van der Waals surface area contributed by atoms with Gasteiger partial charge in [0.05, 0.1) is 0 Å². The summed E-state index contributed by atoms with van der Waals surface area (Å²) in [5, 5.41) is 0. The second-order valence-corrected chi connectivity index (χ2v) is 4.33. The number of benzene rings is 1. The fraction of sp³-hybridized carbons (Fsp3) is 0.333. The summed E-state index contributed by atoms with van der Waals surface area (Å²) >= 11 is 0. The van der Waals surface area contributed by atoms with Crippen molar-refractivity contribution in [2.75, 3.05) is 7.11 Å². The van der Waals surface area contributed by atoms with Gasteiger partial charge in [0, 0.05) is 26.0 Å². The standard InChI is InChI=1S/C15H18N2O2/c1-3-10-17-11-9-16-15(17)13(18)14(19-2)12-7-5-4-6-8-12/h4-9,11,14H,3,10H2,1-2H3. The van der Waals surface area contributed by atoms with Gasteiger partial charge >= 0.3 is 0 Å². The van der Waals surface area contributed by atoms with Gasteiger partial charge in [0.15, 0.2) is 5.82 Å². The number of carbonyl (C=O) groups excluding carboxylic acids is 1. The predicted molar refractivity (Wildman–Crippen MR) is 73.0 cm³/mol. The van der Waals surface area contributed by atoms with E-state index in [1.54, 1.807) is 13.3 Å². The molecule has 0 saturated heterocycles. The Labute approximate surface area is 113 Å². The third kappa shape index (κ3) is 2.90. The Hall–Kier alpha value is -1.94. The molecule has 2 rings (SSSR count). The molecular weight excluding hydrogens is 240 g/mol. The minimum absolute atomic E-state index is 0.104. The van der Waals surface area contributed by atoms with Crippen LogP contribution in [0.15, 0.2) is 42.7 Å². The molecule has 2 aromatic rings. The van der Waals surface area contributed by atoms with Gasteiger partial charge in [-0.15, -0.1) is 0 Å². The van der Waals surface area contributed by atoms with Crippen molar-refractivity contribution in [1.82, 2.24) is 9.55 Å². The summed E-state index contributed by atoms with van der Waals surface area (Å²) < 4.78 is 7.22. The van der Waals surface area contributed by atoms with Crippen LogP contribution < -0.4 is 0 Å². The van der Waals surface area contributed by atoms with Crippen molar-refractivity contribution in [2.24, 2.45) is 0 Å². The molecule has 0 aliphatic heterocycles. The summed E-state index contributed by atoms with van der Waals surface area (Å²) in [5.41, 5.74) is 0.848. The van der Waals surface area contributed by atoms with Crippen molar-refractivity contribution >= 4 is 5.78 Å². The second kappa shape index (κ2) is 6.29. The number of Topliss-reactive ketones (excluding diaryl/α,β-unsaturated/α-hetero) is 1. The first kappa shape index (κ1) is 13.5. The fourth-order valence-electron chi connectivity index (χ4n) is 2.10. The highest BCUT2D eigenvalue weighted by Crippen LogP contribution is 2.21. The van der Waals surface area contributed by atoms with Gasteiger partial charge < -0.3 is 9.30 Å². The summed E-state index contributed by atoms with van der Waals surface area (Å²) in [5.74, 6) is 0.352. The third-order valence-corrected chi connectivity index (χ3v) is 2.98. The SMILES string of the molecule is CCCn1ccnc1C(=O)C(OC)c1ccccc1. The average Bonchev–Trinajstić information content (AvgIpc) is 2.89. The monoisotopic (exact) mass is 258 g/mol. The molecule has 1 aromatic carbocycles. The van der Waals surface area contributed by atoms with E-state index >= 15 is 0 Å². The van der Waals surface area contributed by atoms with Gasteiger partial charge in [0.1, 0.15) is 6.10 Å². The maximum atomic E-state index is 12.5. The number of aryl methyl sites for hydroxylation is 1. The molecule has 4 heteroatoms. The normalized spacial score (nSPS) is 12.3. The number of aromatic nitrogens is 2. The van der Waals surface area contributed by atoms with Crippen molar-refractivity contribution in [1.29, 1.82) is 0 Å². The highest BCUT2D eigenvalue weighted by atomic mass is 16.5. The molecule has 0 spiro atoms. The zero-order valence-electron chi connectivity index (χ0n) is 11.2. The number of ether oxygens (including phenoxy) is 1. The van der Waals surface area contributed by atoms with Gasteiger partial charge in [-0.3, -0.25) is 4.79 Å². The predicted octanol–water partition coefficient (Wildman–Crippen LogP) is 2.86. The summed E-state index contributed by atoms with van der Waals surface area (Å²) in [6, 6.07) is 9.48. The highest BCUT2D eigenvalue weighted by Gasteiger charge is 2.25. The van der Waals surface area contributed by atoms with E-state index in [9.17, 15) is 4.79 Å². The Morgan fingerprint density at radius 3 is 2.74 bits per heavy atom. The molecule has 100 valence electrons. The van der Waals surface area contributed by atoms with Gasteiger partial charge in [-0.2, -0.15) is 0 Å². The zero-order valence-corrected chi connectivity index (χ0v) is 11.2. The lowest BCUT2D eigenvalue weighted by Gasteiger charge is -2.15. The molecular formula is C15H18N2O2. The van der Waals surface area contributed by atoms with E-state index in [1.807, 2.05) is 41.1 Å². The summed E-state index contributed by atoms with van der Waals surface area (Å²) in [7, 11) is 1.54. The first-order chi connectivity index (χ1) is 9.27. The first-order valence-corrected chi connectivity index (χ1v) is 6.41. The van der Waals surface area contributed by atoms with Crippen LogP contribution in [0.25, 0.3) is 0 Å². The highest BCUT2D eigenvalue weighted by molar-refractivity contribution is 5.97. The smallest absolute Gasteiger partial charge is 0.231 e. The van der Waals surface area contributed by atoms with Crippen LogP contribution in [0.3, 0.4) is 0 Å². The Morgan fingerprint density at radius 2 is 2.11 bits per heavy atom. The largest absolute Gasteiger partial charge is 0.368 e. The second-order valence-electron chi connectivity index (χ2n) is 4.33. The van der Waals surface area contributed by atoms with Gasteiger partial charge in [-0.05, 0) is 12.0 Å². The van der Waals surface area contributed by atoms with Gasteiger partial charge in [-0.1, -0.05) is 37.3 Å². The number of hydrogen-bond donors (Lipinski definition) is 0. The van der Waals surface area contributed by atoms with Crippen LogP contribution in [0, 0.1) is 0 Å². The van der Waals surface area contributed by atoms with E-state index in [-0.39, 0.29) is 5.78 Å². The minimum Gasteiger partial charge on any atom is -0.368 e. The molecule has 0 aliphatic carbocycles. The Morgan fingerprint density at radius 1 is 1.37 bits per heavy atom. The van der Waals surface area contributed by atoms with Crippen LogP contribution in [0.2, 0.25) is 0 Å². The molecule has 0 amide bonds. The maximum absolute atomic E-state index is 12.5. The molecule has 0 saturated carbocycles. The van der Waals surface area contributed by atoms with Crippen LogP contribution >= 0.6 is 0 Å². The van der Waals surface area contributed by atoms with Crippen molar-refractivity contribution in [3.8, 4) is 0 Å². The van der Waals surface area contributed by atoms with Crippen LogP contribution in [-0.4, -0.2) is 22.4 Å². The molecule has 1 unspecified atom stereocenters. The molecule has 0 radical (unpaired) electrons. The molecule has 1 atom stereocenters. The van der Waals surface area contributed by atoms with Crippen molar-refractivity contribution < 1.29 is 9.53 Å². The van der Waals surface area contributed by atoms with E-state index in [4.69, 9.17) is 4.74 Å². The molecule has 0 bridgehead atoms. The number of imidazole rings is 1. The average molecular weight is 258 g/mol. The first-order valence-electron chi connectivity index (χ1n) is 6.41. The van der Waals surface area contributed by atoms with Crippen molar-refractivity contribution in [3.63, 3.8) is 0 Å². The number of hydrogen-bond acceptors (Lipinski definition) is 3. The summed E-state index contributed by atoms with van der Waals surface area (Å²) in [6.45, 7) is 2.85. The molecule has 0 aliphatic rings. The maximum Gasteiger partial charge on any atom is 0.231 e. The van der Waals surface area contributed by atoms with Crippen LogP contribution in [0.5, 0.6) is 0 Å². The molecule has 0 N–H and O–H groups in total. The van der Waals surface area contributed by atoms with E-state index in [1.165, 1.54) is 0 Å². The van der Waals surface area contributed by atoms with E-state index in [0.717, 1.165) is 18.5 Å². The van der Waals surface area contributed by atoms with Gasteiger partial charge in [0.25, 0.3) is 0 Å². The van der Waals surface area contributed by atoms with E-state index in [2.05, 4.69) is 11.9 Å². The molecule has 0 fully saturated rings. The van der Waals surface area contributed by atoms with E-state index < -0.39 is 6.10 Å². The van der Waals surface area contributed by atoms with Crippen LogP contribution in [0.1, 0.15) is 35.6 Å². The number of nitrogens with zero attached hydrogens (tertiary/aromatic N) is 2. The molecule has 4 nitrogen and oxygen atoms in total. The molecule has 1 aromatic heterocycles. The number of carbonyl (C=O) groups is 1. The van der Waals surface area contributed by atoms with Gasteiger partial charge in [0.2, 0.25) is 5.78 Å². The summed E-state index contributed by atoms with van der Waals surface area (Å²) in [6.07, 6.45) is 3.84. The number of rotatable bonds is 6. The fourth-order valence-corrected chi connectivity index (χ4v) is 2.10. The minimum atomic E-state index is -0.598. The van der Waals surface area contributed by atoms with Crippen LogP contribution in [0.4, 0.5) is 0 Å². The lowest BCUT2D eigenvalue weighted by atomic mass is 10.1. The molecule has 19 heavy (non-hydrogen) atoms. The van der Waals surface area contributed by atoms with E-state index in [0.29, 0.717) is 5.82 Å². The Balaban J connectivity index is 2.28. The lowest BCUT2D eigenvalue weighted by Crippen LogP contribution is -2.19. The molecule has 1 heterocycles. The van der Waals surface area contributed by atoms with Crippen molar-refractivity contribution in [3.05, 3.63) is 54.1 Å². The lowest BCUT2D eigenvalue weighted by molar-refractivity contribution is 0.0589.